The third kappa shape index (κ3) is 7.37. The number of nitrogens with one attached hydrogen (secondary N) is 2. The van der Waals surface area contributed by atoms with E-state index in [1.165, 1.54) is 6.42 Å². The Kier molecular flexibility index (Phi) is 8.38. The van der Waals surface area contributed by atoms with Crippen molar-refractivity contribution in [3.63, 3.8) is 0 Å². The zero-order valence-electron chi connectivity index (χ0n) is 10.6. The van der Waals surface area contributed by atoms with Crippen molar-refractivity contribution >= 4 is 5.91 Å². The van der Waals surface area contributed by atoms with E-state index in [1.54, 1.807) is 0 Å². The van der Waals surface area contributed by atoms with Gasteiger partial charge < -0.3 is 10.6 Å². The Hall–Kier alpha value is -0.570. The van der Waals surface area contributed by atoms with Gasteiger partial charge in [-0.1, -0.05) is 27.2 Å². The molecule has 0 aromatic heterocycles. The van der Waals surface area contributed by atoms with Gasteiger partial charge in [0, 0.05) is 12.1 Å². The van der Waals surface area contributed by atoms with Crippen molar-refractivity contribution in [1.82, 2.24) is 10.6 Å². The van der Waals surface area contributed by atoms with Crippen LogP contribution in [0, 0.1) is 0 Å². The van der Waals surface area contributed by atoms with E-state index in [0.717, 1.165) is 19.3 Å². The van der Waals surface area contributed by atoms with E-state index in [-0.39, 0.29) is 11.9 Å². The fraction of sp³-hybridized carbons (Fsp3) is 0.917. The third-order valence-electron chi connectivity index (χ3n) is 2.70. The molecule has 0 aliphatic heterocycles. The highest BCUT2D eigenvalue weighted by Crippen LogP contribution is 1.99. The minimum Gasteiger partial charge on any atom is -0.353 e. The molecule has 1 amide bonds. The number of carbonyl (C=O) groups excluding carboxylic acids is 1. The van der Waals surface area contributed by atoms with Crippen molar-refractivity contribution in [2.75, 3.05) is 6.54 Å². The van der Waals surface area contributed by atoms with E-state index in [2.05, 4.69) is 31.4 Å². The molecule has 0 heterocycles. The molecular formula is C12H26N2O. The Morgan fingerprint density at radius 1 is 1.20 bits per heavy atom. The highest BCUT2D eigenvalue weighted by atomic mass is 16.1. The lowest BCUT2D eigenvalue weighted by Crippen LogP contribution is -2.42. The Labute approximate surface area is 94.0 Å². The molecule has 0 fully saturated rings. The number of carbonyl (C=O) groups is 1. The first kappa shape index (κ1) is 14.4. The second kappa shape index (κ2) is 8.72. The Morgan fingerprint density at radius 2 is 1.87 bits per heavy atom. The van der Waals surface area contributed by atoms with Crippen molar-refractivity contribution in [1.29, 1.82) is 0 Å². The van der Waals surface area contributed by atoms with Crippen LogP contribution in [0.15, 0.2) is 0 Å². The van der Waals surface area contributed by atoms with Crippen molar-refractivity contribution in [2.45, 2.75) is 65.5 Å². The van der Waals surface area contributed by atoms with Crippen LogP contribution in [0.3, 0.4) is 0 Å². The van der Waals surface area contributed by atoms with Gasteiger partial charge in [0.25, 0.3) is 0 Å². The molecule has 90 valence electrons. The molecule has 0 bridgehead atoms. The molecule has 2 unspecified atom stereocenters. The van der Waals surface area contributed by atoms with E-state index >= 15 is 0 Å². The Bertz CT molecular complexity index is 171. The summed E-state index contributed by atoms with van der Waals surface area (Å²) in [6, 6.07) is 0.767. The molecule has 15 heavy (non-hydrogen) atoms. The zero-order chi connectivity index (χ0) is 11.7. The minimum atomic E-state index is 0.110. The number of rotatable bonds is 8. The fourth-order valence-corrected chi connectivity index (χ4v) is 1.46. The summed E-state index contributed by atoms with van der Waals surface area (Å²) in [5, 5.41) is 6.24. The second-order valence-corrected chi connectivity index (χ2v) is 4.15. The molecular weight excluding hydrogens is 188 g/mol. The minimum absolute atomic E-state index is 0.110. The first-order valence-corrected chi connectivity index (χ1v) is 6.16. The number of hydrogen-bond acceptors (Lipinski definition) is 2. The maximum absolute atomic E-state index is 11.5. The standard InChI is InChI=1S/C12H26N2O/c1-5-8-11(7-3)13-9-12(15)14-10(4)6-2/h10-11,13H,5-9H2,1-4H3,(H,14,15). The molecule has 0 aliphatic rings. The van der Waals surface area contributed by atoms with Crippen LogP contribution in [0.5, 0.6) is 0 Å². The van der Waals surface area contributed by atoms with Gasteiger partial charge in [-0.2, -0.15) is 0 Å². The summed E-state index contributed by atoms with van der Waals surface area (Å²) in [5.41, 5.74) is 0. The molecule has 0 spiro atoms. The topological polar surface area (TPSA) is 41.1 Å². The molecule has 0 aliphatic carbocycles. The highest BCUT2D eigenvalue weighted by molar-refractivity contribution is 5.78. The van der Waals surface area contributed by atoms with Gasteiger partial charge in [-0.15, -0.1) is 0 Å². The Morgan fingerprint density at radius 3 is 2.33 bits per heavy atom. The Balaban J connectivity index is 3.68. The van der Waals surface area contributed by atoms with Gasteiger partial charge in [-0.25, -0.2) is 0 Å². The van der Waals surface area contributed by atoms with Crippen LogP contribution in [0.1, 0.15) is 53.4 Å². The van der Waals surface area contributed by atoms with Gasteiger partial charge in [-0.3, -0.25) is 4.79 Å². The first-order valence-electron chi connectivity index (χ1n) is 6.16. The van der Waals surface area contributed by atoms with E-state index in [0.29, 0.717) is 12.6 Å². The van der Waals surface area contributed by atoms with Crippen LogP contribution in [-0.2, 0) is 4.79 Å². The average Bonchev–Trinajstić information content (AvgIpc) is 2.23. The molecule has 2 N–H and O–H groups in total. The summed E-state index contributed by atoms with van der Waals surface area (Å²) < 4.78 is 0. The normalized spacial score (nSPS) is 14.7. The number of hydrogen-bond donors (Lipinski definition) is 2. The monoisotopic (exact) mass is 214 g/mol. The predicted molar refractivity (Wildman–Crippen MR) is 64.9 cm³/mol. The highest BCUT2D eigenvalue weighted by Gasteiger charge is 2.08. The molecule has 0 aromatic rings. The van der Waals surface area contributed by atoms with Gasteiger partial charge in [0.05, 0.1) is 6.54 Å². The second-order valence-electron chi connectivity index (χ2n) is 4.15. The average molecular weight is 214 g/mol. The maximum Gasteiger partial charge on any atom is 0.234 e. The van der Waals surface area contributed by atoms with Crippen molar-refractivity contribution in [3.05, 3.63) is 0 Å². The summed E-state index contributed by atoms with van der Waals surface area (Å²) in [6.45, 7) is 8.87. The van der Waals surface area contributed by atoms with E-state index in [9.17, 15) is 4.79 Å². The molecule has 0 saturated carbocycles. The van der Waals surface area contributed by atoms with E-state index < -0.39 is 0 Å². The first-order chi connectivity index (χ1) is 7.13. The van der Waals surface area contributed by atoms with Crippen molar-refractivity contribution in [3.8, 4) is 0 Å². The van der Waals surface area contributed by atoms with E-state index in [1.807, 2.05) is 6.92 Å². The molecule has 0 radical (unpaired) electrons. The predicted octanol–water partition coefficient (Wildman–Crippen LogP) is 2.07. The van der Waals surface area contributed by atoms with Crippen LogP contribution in [0.2, 0.25) is 0 Å². The molecule has 2 atom stereocenters. The fourth-order valence-electron chi connectivity index (χ4n) is 1.46. The van der Waals surface area contributed by atoms with Gasteiger partial charge >= 0.3 is 0 Å². The molecule has 0 rings (SSSR count). The summed E-state index contributed by atoms with van der Waals surface area (Å²) >= 11 is 0. The third-order valence-corrected chi connectivity index (χ3v) is 2.70. The van der Waals surface area contributed by atoms with Gasteiger partial charge in [0.15, 0.2) is 0 Å². The molecule has 3 nitrogen and oxygen atoms in total. The van der Waals surface area contributed by atoms with Crippen molar-refractivity contribution in [2.24, 2.45) is 0 Å². The summed E-state index contributed by atoms with van der Waals surface area (Å²) in [4.78, 5) is 11.5. The van der Waals surface area contributed by atoms with Crippen molar-refractivity contribution < 1.29 is 4.79 Å². The molecule has 3 heteroatoms. The van der Waals surface area contributed by atoms with Crippen LogP contribution in [0.4, 0.5) is 0 Å². The summed E-state index contributed by atoms with van der Waals surface area (Å²) in [6.07, 6.45) is 4.38. The quantitative estimate of drug-likeness (QED) is 0.649. The molecule has 0 aromatic carbocycles. The lowest BCUT2D eigenvalue weighted by atomic mass is 10.1. The lowest BCUT2D eigenvalue weighted by Gasteiger charge is -2.17. The SMILES string of the molecule is CCCC(CC)NCC(=O)NC(C)CC. The van der Waals surface area contributed by atoms with Crippen LogP contribution >= 0.6 is 0 Å². The largest absolute Gasteiger partial charge is 0.353 e. The van der Waals surface area contributed by atoms with Gasteiger partial charge in [0.2, 0.25) is 5.91 Å². The lowest BCUT2D eigenvalue weighted by molar-refractivity contribution is -0.121. The summed E-state index contributed by atoms with van der Waals surface area (Å²) in [5.74, 6) is 0.110. The van der Waals surface area contributed by atoms with Crippen LogP contribution in [-0.4, -0.2) is 24.5 Å². The smallest absolute Gasteiger partial charge is 0.234 e. The van der Waals surface area contributed by atoms with Crippen LogP contribution < -0.4 is 10.6 Å². The zero-order valence-corrected chi connectivity index (χ0v) is 10.6. The van der Waals surface area contributed by atoms with Crippen LogP contribution in [0.25, 0.3) is 0 Å². The summed E-state index contributed by atoms with van der Waals surface area (Å²) in [7, 11) is 0. The number of amides is 1. The van der Waals surface area contributed by atoms with E-state index in [4.69, 9.17) is 0 Å². The molecule has 0 saturated heterocycles. The van der Waals surface area contributed by atoms with Gasteiger partial charge in [-0.05, 0) is 26.2 Å². The van der Waals surface area contributed by atoms with Gasteiger partial charge in [0.1, 0.15) is 0 Å². The maximum atomic E-state index is 11.5.